The van der Waals surface area contributed by atoms with Gasteiger partial charge < -0.3 is 9.30 Å². The fourth-order valence-corrected chi connectivity index (χ4v) is 6.10. The third-order valence-corrected chi connectivity index (χ3v) is 8.53. The molecular weight excluding hydrogens is 448 g/mol. The zero-order chi connectivity index (χ0) is 23.2. The van der Waals surface area contributed by atoms with Gasteiger partial charge in [-0.05, 0) is 68.0 Å². The number of benzene rings is 2. The van der Waals surface area contributed by atoms with Gasteiger partial charge in [0.2, 0.25) is 10.0 Å². The van der Waals surface area contributed by atoms with Crippen molar-refractivity contribution in [3.63, 3.8) is 0 Å². The van der Waals surface area contributed by atoms with E-state index in [1.807, 2.05) is 0 Å². The van der Waals surface area contributed by atoms with Gasteiger partial charge in [-0.2, -0.15) is 14.0 Å². The molecule has 1 aromatic heterocycles. The van der Waals surface area contributed by atoms with Gasteiger partial charge in [0.1, 0.15) is 11.8 Å². The predicted molar refractivity (Wildman–Crippen MR) is 122 cm³/mol. The van der Waals surface area contributed by atoms with Gasteiger partial charge in [-0.3, -0.25) is 4.72 Å². The molecule has 2 saturated carbocycles. The quantitative estimate of drug-likeness (QED) is 0.472. The van der Waals surface area contributed by atoms with Crippen LogP contribution in [-0.2, 0) is 10.0 Å². The highest BCUT2D eigenvalue weighted by Crippen LogP contribution is 2.43. The monoisotopic (exact) mass is 471 g/mol. The molecule has 0 amide bonds. The van der Waals surface area contributed by atoms with Crippen LogP contribution >= 0.6 is 0 Å². The van der Waals surface area contributed by atoms with Crippen molar-refractivity contribution in [2.75, 3.05) is 4.72 Å². The Kier molecular flexibility index (Phi) is 5.49. The first kappa shape index (κ1) is 21.7. The number of nitrogens with one attached hydrogen (secondary N) is 1. The number of nitriles is 1. The summed E-state index contributed by atoms with van der Waals surface area (Å²) < 4.78 is 59.6. The molecule has 1 heterocycles. The molecule has 1 N–H and O–H groups in total. The normalized spacial score (nSPS) is 16.9. The Morgan fingerprint density at radius 2 is 1.76 bits per heavy atom. The number of hydrogen-bond donors (Lipinski definition) is 1. The summed E-state index contributed by atoms with van der Waals surface area (Å²) in [7, 11) is -3.40. The average molecular weight is 472 g/mol. The van der Waals surface area contributed by atoms with Gasteiger partial charge in [0.15, 0.2) is 0 Å². The number of ether oxygens (including phenoxy) is 1. The first-order chi connectivity index (χ1) is 15.9. The number of alkyl halides is 2. The van der Waals surface area contributed by atoms with Crippen molar-refractivity contribution >= 4 is 26.6 Å². The van der Waals surface area contributed by atoms with Crippen LogP contribution in [0, 0.1) is 11.3 Å². The molecule has 0 spiro atoms. The number of fused-ring (bicyclic) bond motifs is 1. The van der Waals surface area contributed by atoms with Gasteiger partial charge >= 0.3 is 6.61 Å². The van der Waals surface area contributed by atoms with E-state index in [-0.39, 0.29) is 17.0 Å². The molecular formula is C24H23F2N3O3S. The van der Waals surface area contributed by atoms with E-state index in [0.29, 0.717) is 35.2 Å². The summed E-state index contributed by atoms with van der Waals surface area (Å²) in [4.78, 5) is 0. The highest BCUT2D eigenvalue weighted by Gasteiger charge is 2.31. The molecule has 0 unspecified atom stereocenters. The SMILES string of the molecule is N#Cc1c(-c2ccc(NS(=O)(=O)C3CCC3)cc2)n(C2CCC2)c2ccc(OC(F)F)cc12. The van der Waals surface area contributed by atoms with E-state index in [4.69, 9.17) is 0 Å². The molecule has 0 aliphatic heterocycles. The molecule has 2 aliphatic carbocycles. The first-order valence-corrected chi connectivity index (χ1v) is 12.6. The maximum absolute atomic E-state index is 12.7. The van der Waals surface area contributed by atoms with Crippen molar-refractivity contribution in [1.29, 1.82) is 5.26 Å². The Balaban J connectivity index is 1.57. The Bertz CT molecular complexity index is 1340. The van der Waals surface area contributed by atoms with Gasteiger partial charge in [-0.15, -0.1) is 0 Å². The Hall–Kier alpha value is -3.12. The largest absolute Gasteiger partial charge is 0.435 e. The second kappa shape index (κ2) is 8.34. The van der Waals surface area contributed by atoms with E-state index >= 15 is 0 Å². The number of sulfonamides is 1. The molecule has 0 saturated heterocycles. The lowest BCUT2D eigenvalue weighted by Crippen LogP contribution is -2.33. The minimum Gasteiger partial charge on any atom is -0.435 e. The topological polar surface area (TPSA) is 84.1 Å². The maximum atomic E-state index is 12.7. The number of anilines is 1. The minimum absolute atomic E-state index is 0.00654. The lowest BCUT2D eigenvalue weighted by Gasteiger charge is -2.30. The molecule has 6 nitrogen and oxygen atoms in total. The molecule has 9 heteroatoms. The third kappa shape index (κ3) is 3.93. The Morgan fingerprint density at radius 3 is 2.30 bits per heavy atom. The maximum Gasteiger partial charge on any atom is 0.387 e. The van der Waals surface area contributed by atoms with Crippen LogP contribution in [-0.4, -0.2) is 24.8 Å². The second-order valence-corrected chi connectivity index (χ2v) is 10.6. The van der Waals surface area contributed by atoms with Gasteiger partial charge in [0.25, 0.3) is 0 Å². The van der Waals surface area contributed by atoms with Crippen molar-refractivity contribution in [1.82, 2.24) is 4.57 Å². The zero-order valence-corrected chi connectivity index (χ0v) is 18.6. The van der Waals surface area contributed by atoms with Crippen LogP contribution in [0.5, 0.6) is 5.75 Å². The lowest BCUT2D eigenvalue weighted by atomic mass is 9.92. The molecule has 0 radical (unpaired) electrons. The van der Waals surface area contributed by atoms with Gasteiger partial charge in [0, 0.05) is 17.1 Å². The van der Waals surface area contributed by atoms with Crippen molar-refractivity contribution in [2.45, 2.75) is 56.4 Å². The third-order valence-electron chi connectivity index (χ3n) is 6.66. The number of hydrogen-bond acceptors (Lipinski definition) is 4. The molecule has 0 atom stereocenters. The van der Waals surface area contributed by atoms with Crippen molar-refractivity contribution < 1.29 is 21.9 Å². The number of nitrogens with zero attached hydrogens (tertiary/aromatic N) is 2. The lowest BCUT2D eigenvalue weighted by molar-refractivity contribution is -0.0497. The van der Waals surface area contributed by atoms with E-state index in [2.05, 4.69) is 20.1 Å². The average Bonchev–Trinajstić information content (AvgIpc) is 2.98. The summed E-state index contributed by atoms with van der Waals surface area (Å²) in [6, 6.07) is 14.1. The van der Waals surface area contributed by atoms with Crippen LogP contribution in [0.25, 0.3) is 22.2 Å². The van der Waals surface area contributed by atoms with Gasteiger partial charge in [-0.1, -0.05) is 18.6 Å². The Morgan fingerprint density at radius 1 is 1.06 bits per heavy atom. The summed E-state index contributed by atoms with van der Waals surface area (Å²) in [5.41, 5.74) is 3.13. The Labute approximate surface area is 190 Å². The first-order valence-electron chi connectivity index (χ1n) is 11.0. The number of halogens is 2. The summed E-state index contributed by atoms with van der Waals surface area (Å²) in [6.45, 7) is -2.95. The summed E-state index contributed by atoms with van der Waals surface area (Å²) in [6.07, 6.45) is 5.30. The van der Waals surface area contributed by atoms with Crippen LogP contribution in [0.3, 0.4) is 0 Å². The molecule has 0 bridgehead atoms. The fourth-order valence-electron chi connectivity index (χ4n) is 4.52. The van der Waals surface area contributed by atoms with Crippen LogP contribution in [0.4, 0.5) is 14.5 Å². The molecule has 5 rings (SSSR count). The van der Waals surface area contributed by atoms with Crippen molar-refractivity contribution in [3.8, 4) is 23.1 Å². The van der Waals surface area contributed by atoms with Gasteiger partial charge in [0.05, 0.1) is 22.0 Å². The van der Waals surface area contributed by atoms with E-state index < -0.39 is 16.6 Å². The summed E-state index contributed by atoms with van der Waals surface area (Å²) >= 11 is 0. The van der Waals surface area contributed by atoms with Crippen LogP contribution in [0.15, 0.2) is 42.5 Å². The number of rotatable bonds is 7. The van der Waals surface area contributed by atoms with E-state index in [1.165, 1.54) is 12.1 Å². The van der Waals surface area contributed by atoms with E-state index in [0.717, 1.165) is 36.8 Å². The molecule has 33 heavy (non-hydrogen) atoms. The molecule has 3 aromatic rings. The standard InChI is InChI=1S/C24H23F2N3O3S/c25-24(26)32-18-11-12-22-20(13-18)21(14-27)23(29(22)17-3-1-4-17)15-7-9-16(10-8-15)28-33(30,31)19-5-2-6-19/h7-13,17,19,24,28H,1-6H2. The summed E-state index contributed by atoms with van der Waals surface area (Å²) in [5.74, 6) is 0.00654. The highest BCUT2D eigenvalue weighted by atomic mass is 32.2. The minimum atomic E-state index is -3.40. The fraction of sp³-hybridized carbons (Fsp3) is 0.375. The predicted octanol–water partition coefficient (Wildman–Crippen LogP) is 5.80. The van der Waals surface area contributed by atoms with Gasteiger partial charge in [-0.25, -0.2) is 8.42 Å². The second-order valence-electron chi connectivity index (χ2n) is 8.62. The molecule has 2 fully saturated rings. The molecule has 2 aliphatic rings. The highest BCUT2D eigenvalue weighted by molar-refractivity contribution is 7.93. The molecule has 172 valence electrons. The number of aromatic nitrogens is 1. The molecule has 2 aromatic carbocycles. The van der Waals surface area contributed by atoms with E-state index in [9.17, 15) is 22.5 Å². The van der Waals surface area contributed by atoms with Crippen molar-refractivity contribution in [2.24, 2.45) is 0 Å². The van der Waals surface area contributed by atoms with Crippen molar-refractivity contribution in [3.05, 3.63) is 48.0 Å². The van der Waals surface area contributed by atoms with Crippen LogP contribution in [0.2, 0.25) is 0 Å². The zero-order valence-electron chi connectivity index (χ0n) is 17.8. The summed E-state index contributed by atoms with van der Waals surface area (Å²) in [5, 5.41) is 10.2. The van der Waals surface area contributed by atoms with Crippen LogP contribution < -0.4 is 9.46 Å². The van der Waals surface area contributed by atoms with Crippen LogP contribution in [0.1, 0.15) is 50.1 Å². The van der Waals surface area contributed by atoms with E-state index in [1.54, 1.807) is 30.3 Å². The smallest absolute Gasteiger partial charge is 0.387 e.